The number of rotatable bonds is 5. The van der Waals surface area contributed by atoms with Gasteiger partial charge in [-0.25, -0.2) is 0 Å². The Balaban J connectivity index is 2.11. The molecule has 1 aromatic carbocycles. The van der Waals surface area contributed by atoms with Crippen LogP contribution >= 0.6 is 0 Å². The summed E-state index contributed by atoms with van der Waals surface area (Å²) >= 11 is 0. The van der Waals surface area contributed by atoms with E-state index in [0.29, 0.717) is 6.10 Å². The van der Waals surface area contributed by atoms with E-state index in [-0.39, 0.29) is 6.04 Å². The fourth-order valence-corrected chi connectivity index (χ4v) is 3.09. The molecule has 4 unspecified atom stereocenters. The molecule has 1 aromatic rings. The third-order valence-corrected chi connectivity index (χ3v) is 4.65. The zero-order valence-corrected chi connectivity index (χ0v) is 13.8. The second-order valence-corrected chi connectivity index (χ2v) is 6.66. The minimum atomic E-state index is 0.116. The van der Waals surface area contributed by atoms with Crippen LogP contribution in [0.4, 0.5) is 0 Å². The number of hydrogen-bond donors (Lipinski definition) is 1. The van der Waals surface area contributed by atoms with Crippen molar-refractivity contribution in [1.29, 1.82) is 0 Å². The van der Waals surface area contributed by atoms with Gasteiger partial charge in [0.2, 0.25) is 0 Å². The smallest absolute Gasteiger partial charge is 0.123 e. The highest BCUT2D eigenvalue weighted by Gasteiger charge is 2.26. The van der Waals surface area contributed by atoms with E-state index >= 15 is 0 Å². The summed E-state index contributed by atoms with van der Waals surface area (Å²) in [6, 6.07) is 6.16. The molecule has 1 saturated carbocycles. The van der Waals surface area contributed by atoms with Gasteiger partial charge in [-0.2, -0.15) is 0 Å². The SMILES string of the molecule is COc1ccc(OC2CCC(C)C(C)C2)c(CC(C)N)c1. The molecule has 3 heteroatoms. The lowest BCUT2D eigenvalue weighted by Gasteiger charge is -2.32. The van der Waals surface area contributed by atoms with Crippen LogP contribution in [-0.4, -0.2) is 19.3 Å². The summed E-state index contributed by atoms with van der Waals surface area (Å²) in [7, 11) is 1.69. The molecule has 0 bridgehead atoms. The topological polar surface area (TPSA) is 44.5 Å². The van der Waals surface area contributed by atoms with Gasteiger partial charge in [0, 0.05) is 6.04 Å². The highest BCUT2D eigenvalue weighted by molar-refractivity contribution is 5.41. The van der Waals surface area contributed by atoms with Gasteiger partial charge >= 0.3 is 0 Å². The van der Waals surface area contributed by atoms with Crippen molar-refractivity contribution in [2.45, 2.75) is 58.6 Å². The lowest BCUT2D eigenvalue weighted by molar-refractivity contribution is 0.0995. The molecule has 2 rings (SSSR count). The molecule has 0 radical (unpaired) electrons. The predicted molar refractivity (Wildman–Crippen MR) is 86.9 cm³/mol. The normalized spacial score (nSPS) is 27.2. The number of methoxy groups -OCH3 is 1. The van der Waals surface area contributed by atoms with Gasteiger partial charge in [-0.15, -0.1) is 0 Å². The average molecular weight is 291 g/mol. The van der Waals surface area contributed by atoms with Crippen LogP contribution in [0.3, 0.4) is 0 Å². The first-order valence-corrected chi connectivity index (χ1v) is 8.08. The van der Waals surface area contributed by atoms with E-state index < -0.39 is 0 Å². The highest BCUT2D eigenvalue weighted by Crippen LogP contribution is 2.33. The van der Waals surface area contributed by atoms with Crippen LogP contribution in [0.15, 0.2) is 18.2 Å². The third kappa shape index (κ3) is 4.37. The van der Waals surface area contributed by atoms with Crippen molar-refractivity contribution >= 4 is 0 Å². The first kappa shape index (κ1) is 16.2. The Labute approximate surface area is 128 Å². The molecular weight excluding hydrogens is 262 g/mol. The largest absolute Gasteiger partial charge is 0.497 e. The van der Waals surface area contributed by atoms with Crippen LogP contribution < -0.4 is 15.2 Å². The summed E-state index contributed by atoms with van der Waals surface area (Å²) in [6.45, 7) is 6.69. The zero-order valence-electron chi connectivity index (χ0n) is 13.8. The van der Waals surface area contributed by atoms with Gasteiger partial charge in [0.05, 0.1) is 13.2 Å². The van der Waals surface area contributed by atoms with E-state index in [1.54, 1.807) is 7.11 Å². The van der Waals surface area contributed by atoms with E-state index in [2.05, 4.69) is 13.8 Å². The van der Waals surface area contributed by atoms with Gasteiger partial charge in [0.1, 0.15) is 11.5 Å². The molecule has 0 aromatic heterocycles. The standard InChI is InChI=1S/C18H29NO2/c1-12-5-6-17(9-13(12)2)21-18-8-7-16(20-4)11-15(18)10-14(3)19/h7-8,11-14,17H,5-6,9-10,19H2,1-4H3. The summed E-state index contributed by atoms with van der Waals surface area (Å²) in [5.41, 5.74) is 7.11. The fraction of sp³-hybridized carbons (Fsp3) is 0.667. The van der Waals surface area contributed by atoms with Gasteiger partial charge in [-0.05, 0) is 68.2 Å². The third-order valence-electron chi connectivity index (χ3n) is 4.65. The molecule has 1 aliphatic rings. The van der Waals surface area contributed by atoms with E-state index in [4.69, 9.17) is 15.2 Å². The predicted octanol–water partition coefficient (Wildman–Crippen LogP) is 3.79. The van der Waals surface area contributed by atoms with Gasteiger partial charge in [-0.3, -0.25) is 0 Å². The lowest BCUT2D eigenvalue weighted by atomic mass is 9.80. The fourth-order valence-electron chi connectivity index (χ4n) is 3.09. The maximum Gasteiger partial charge on any atom is 0.123 e. The van der Waals surface area contributed by atoms with Crippen molar-refractivity contribution in [3.05, 3.63) is 23.8 Å². The molecule has 0 spiro atoms. The Morgan fingerprint density at radius 2 is 2.00 bits per heavy atom. The Morgan fingerprint density at radius 1 is 1.24 bits per heavy atom. The van der Waals surface area contributed by atoms with Crippen LogP contribution in [0.2, 0.25) is 0 Å². The van der Waals surface area contributed by atoms with Crippen molar-refractivity contribution in [3.8, 4) is 11.5 Å². The first-order valence-electron chi connectivity index (χ1n) is 8.08. The van der Waals surface area contributed by atoms with Crippen molar-refractivity contribution in [3.63, 3.8) is 0 Å². The first-order chi connectivity index (χ1) is 9.99. The lowest BCUT2D eigenvalue weighted by Crippen LogP contribution is -2.29. The Hall–Kier alpha value is -1.22. The minimum Gasteiger partial charge on any atom is -0.497 e. The molecule has 1 fully saturated rings. The minimum absolute atomic E-state index is 0.116. The van der Waals surface area contributed by atoms with E-state index in [1.165, 1.54) is 6.42 Å². The van der Waals surface area contributed by atoms with Crippen molar-refractivity contribution < 1.29 is 9.47 Å². The maximum atomic E-state index is 6.29. The van der Waals surface area contributed by atoms with E-state index in [0.717, 1.165) is 48.2 Å². The molecule has 118 valence electrons. The van der Waals surface area contributed by atoms with Gasteiger partial charge in [0.25, 0.3) is 0 Å². The number of benzene rings is 1. The summed E-state index contributed by atoms with van der Waals surface area (Å²) in [6.07, 6.45) is 4.69. The van der Waals surface area contributed by atoms with Gasteiger partial charge in [0.15, 0.2) is 0 Å². The summed E-state index contributed by atoms with van der Waals surface area (Å²) in [5.74, 6) is 3.38. The number of hydrogen-bond acceptors (Lipinski definition) is 3. The molecule has 0 saturated heterocycles. The van der Waals surface area contributed by atoms with Crippen LogP contribution in [0, 0.1) is 11.8 Å². The second kappa shape index (κ2) is 7.17. The molecule has 0 amide bonds. The average Bonchev–Trinajstić information content (AvgIpc) is 2.44. The number of ether oxygens (including phenoxy) is 2. The molecule has 0 aliphatic heterocycles. The van der Waals surface area contributed by atoms with Crippen LogP contribution in [0.5, 0.6) is 11.5 Å². The number of nitrogens with two attached hydrogens (primary N) is 1. The molecule has 0 heterocycles. The van der Waals surface area contributed by atoms with Crippen molar-refractivity contribution in [2.24, 2.45) is 17.6 Å². The van der Waals surface area contributed by atoms with Crippen LogP contribution in [-0.2, 0) is 6.42 Å². The molecule has 21 heavy (non-hydrogen) atoms. The van der Waals surface area contributed by atoms with Crippen LogP contribution in [0.25, 0.3) is 0 Å². The Bertz CT molecular complexity index is 459. The highest BCUT2D eigenvalue weighted by atomic mass is 16.5. The summed E-state index contributed by atoms with van der Waals surface area (Å²) in [4.78, 5) is 0. The Kier molecular flexibility index (Phi) is 5.51. The quantitative estimate of drug-likeness (QED) is 0.897. The van der Waals surface area contributed by atoms with Crippen molar-refractivity contribution in [1.82, 2.24) is 0 Å². The molecular formula is C18H29NO2. The van der Waals surface area contributed by atoms with Crippen molar-refractivity contribution in [2.75, 3.05) is 7.11 Å². The summed E-state index contributed by atoms with van der Waals surface area (Å²) < 4.78 is 11.6. The summed E-state index contributed by atoms with van der Waals surface area (Å²) in [5, 5.41) is 0. The Morgan fingerprint density at radius 3 is 2.62 bits per heavy atom. The molecule has 3 nitrogen and oxygen atoms in total. The molecule has 2 N–H and O–H groups in total. The zero-order chi connectivity index (χ0) is 15.4. The van der Waals surface area contributed by atoms with E-state index in [1.807, 2.05) is 25.1 Å². The maximum absolute atomic E-state index is 6.29. The van der Waals surface area contributed by atoms with Gasteiger partial charge in [-0.1, -0.05) is 13.8 Å². The van der Waals surface area contributed by atoms with E-state index in [9.17, 15) is 0 Å². The molecule has 1 aliphatic carbocycles. The van der Waals surface area contributed by atoms with Crippen LogP contribution in [0.1, 0.15) is 45.6 Å². The van der Waals surface area contributed by atoms with Gasteiger partial charge < -0.3 is 15.2 Å². The monoisotopic (exact) mass is 291 g/mol. The molecule has 4 atom stereocenters. The second-order valence-electron chi connectivity index (χ2n) is 6.66.